The summed E-state index contributed by atoms with van der Waals surface area (Å²) < 4.78 is 7.57. The van der Waals surface area contributed by atoms with Gasteiger partial charge in [0.05, 0.1) is 30.3 Å². The van der Waals surface area contributed by atoms with Crippen LogP contribution in [0.1, 0.15) is 12.8 Å². The van der Waals surface area contributed by atoms with E-state index in [4.69, 9.17) is 10.5 Å². The molecule has 24 heavy (non-hydrogen) atoms. The number of hydrogen-bond donors (Lipinski definition) is 2. The first-order chi connectivity index (χ1) is 11.6. The van der Waals surface area contributed by atoms with Crippen molar-refractivity contribution in [2.45, 2.75) is 25.5 Å². The van der Waals surface area contributed by atoms with Gasteiger partial charge in [-0.3, -0.25) is 0 Å². The van der Waals surface area contributed by atoms with Crippen LogP contribution in [0.25, 0.3) is 11.0 Å². The van der Waals surface area contributed by atoms with E-state index in [0.29, 0.717) is 25.5 Å². The summed E-state index contributed by atoms with van der Waals surface area (Å²) in [7, 11) is 2.01. The molecular weight excluding hydrogens is 304 g/mol. The number of fused-ring (bicyclic) bond motifs is 1. The fourth-order valence-electron chi connectivity index (χ4n) is 2.83. The molecule has 2 heterocycles. The summed E-state index contributed by atoms with van der Waals surface area (Å²) in [5.74, 6) is 1.30. The lowest BCUT2D eigenvalue weighted by atomic mass is 10.2. The molecule has 128 valence electrons. The summed E-state index contributed by atoms with van der Waals surface area (Å²) in [6.45, 7) is 1.94. The zero-order chi connectivity index (χ0) is 16.9. The van der Waals surface area contributed by atoms with Crippen LogP contribution < -0.4 is 5.73 Å². The number of anilines is 1. The average molecular weight is 328 g/mol. The maximum absolute atomic E-state index is 10.3. The second-order valence-electron chi connectivity index (χ2n) is 6.09. The Labute approximate surface area is 141 Å². The third-order valence-corrected chi connectivity index (χ3v) is 4.05. The molecule has 2 aromatic rings. The maximum Gasteiger partial charge on any atom is 0.201 e. The molecule has 0 amide bonds. The second kappa shape index (κ2) is 7.40. The Hall–Kier alpha value is -2.47. The standard InChI is InChI=1S/C18H24N4O2/c1-21-10-4-7-15(13-21)24-11-5-6-14(23)12-22-17-9-3-2-8-16(17)20-18(22)19/h2-4,7-9,13-14,23H,5-6,10-12H2,1H3,(H2,19,20). The van der Waals surface area contributed by atoms with Gasteiger partial charge in [-0.05, 0) is 31.1 Å². The summed E-state index contributed by atoms with van der Waals surface area (Å²) >= 11 is 0. The number of allylic oxidation sites excluding steroid dienone is 1. The Morgan fingerprint density at radius 2 is 2.21 bits per heavy atom. The highest BCUT2D eigenvalue weighted by Gasteiger charge is 2.12. The van der Waals surface area contributed by atoms with E-state index in [1.165, 1.54) is 0 Å². The number of imidazole rings is 1. The summed E-state index contributed by atoms with van der Waals surface area (Å²) in [6, 6.07) is 7.76. The van der Waals surface area contributed by atoms with Crippen LogP contribution >= 0.6 is 0 Å². The predicted molar refractivity (Wildman–Crippen MR) is 95.2 cm³/mol. The first-order valence-electron chi connectivity index (χ1n) is 8.23. The average Bonchev–Trinajstić information content (AvgIpc) is 2.88. The third kappa shape index (κ3) is 3.89. The molecule has 0 bridgehead atoms. The molecule has 0 saturated heterocycles. The van der Waals surface area contributed by atoms with Crippen molar-refractivity contribution in [2.24, 2.45) is 0 Å². The SMILES string of the molecule is CN1C=C(OCCCC(O)Cn2c(N)nc3ccccc32)C=CC1. The fraction of sp³-hybridized carbons (Fsp3) is 0.389. The molecule has 0 fully saturated rings. The zero-order valence-electron chi connectivity index (χ0n) is 13.9. The highest BCUT2D eigenvalue weighted by atomic mass is 16.5. The Bertz CT molecular complexity index is 751. The quantitative estimate of drug-likeness (QED) is 0.761. The molecule has 1 aliphatic rings. The molecule has 3 N–H and O–H groups in total. The number of aliphatic hydroxyl groups excluding tert-OH is 1. The molecule has 1 aromatic carbocycles. The van der Waals surface area contributed by atoms with Gasteiger partial charge in [0.1, 0.15) is 5.76 Å². The lowest BCUT2D eigenvalue weighted by Crippen LogP contribution is -2.18. The van der Waals surface area contributed by atoms with Gasteiger partial charge < -0.3 is 25.0 Å². The van der Waals surface area contributed by atoms with E-state index >= 15 is 0 Å². The number of para-hydroxylation sites is 2. The number of nitrogens with zero attached hydrogens (tertiary/aromatic N) is 3. The van der Waals surface area contributed by atoms with Crippen LogP contribution in [-0.4, -0.2) is 45.9 Å². The Morgan fingerprint density at radius 3 is 3.04 bits per heavy atom. The summed E-state index contributed by atoms with van der Waals surface area (Å²) in [5.41, 5.74) is 7.77. The molecule has 0 aliphatic carbocycles. The van der Waals surface area contributed by atoms with E-state index in [1.807, 2.05) is 48.2 Å². The zero-order valence-corrected chi connectivity index (χ0v) is 13.9. The predicted octanol–water partition coefficient (Wildman–Crippen LogP) is 2.12. The van der Waals surface area contributed by atoms with Crippen LogP contribution in [0.2, 0.25) is 0 Å². The van der Waals surface area contributed by atoms with Crippen molar-refractivity contribution >= 4 is 17.0 Å². The number of benzene rings is 1. The van der Waals surface area contributed by atoms with E-state index in [0.717, 1.165) is 29.8 Å². The minimum absolute atomic E-state index is 0.437. The van der Waals surface area contributed by atoms with E-state index in [2.05, 4.69) is 16.0 Å². The number of hydrogen-bond acceptors (Lipinski definition) is 5. The van der Waals surface area contributed by atoms with Crippen molar-refractivity contribution in [3.05, 3.63) is 48.4 Å². The number of rotatable bonds is 7. The van der Waals surface area contributed by atoms with Gasteiger partial charge in [-0.15, -0.1) is 0 Å². The fourth-order valence-corrected chi connectivity index (χ4v) is 2.83. The third-order valence-electron chi connectivity index (χ3n) is 4.05. The van der Waals surface area contributed by atoms with Gasteiger partial charge in [0.2, 0.25) is 5.95 Å². The molecular formula is C18H24N4O2. The molecule has 0 radical (unpaired) electrons. The molecule has 0 spiro atoms. The van der Waals surface area contributed by atoms with Gasteiger partial charge in [-0.2, -0.15) is 0 Å². The minimum atomic E-state index is -0.480. The summed E-state index contributed by atoms with van der Waals surface area (Å²) in [5, 5.41) is 10.3. The second-order valence-corrected chi connectivity index (χ2v) is 6.09. The van der Waals surface area contributed by atoms with E-state index in [9.17, 15) is 5.11 Å². The van der Waals surface area contributed by atoms with E-state index in [-0.39, 0.29) is 0 Å². The Morgan fingerprint density at radius 1 is 1.38 bits per heavy atom. The highest BCUT2D eigenvalue weighted by Crippen LogP contribution is 2.18. The molecule has 6 nitrogen and oxygen atoms in total. The van der Waals surface area contributed by atoms with Gasteiger partial charge in [-0.25, -0.2) is 4.98 Å². The number of aromatic nitrogens is 2. The van der Waals surface area contributed by atoms with Crippen molar-refractivity contribution in [1.82, 2.24) is 14.5 Å². The number of likely N-dealkylation sites (N-methyl/N-ethyl adjacent to an activating group) is 1. The lowest BCUT2D eigenvalue weighted by Gasteiger charge is -2.18. The first kappa shape index (κ1) is 16.4. The van der Waals surface area contributed by atoms with Crippen LogP contribution in [0.15, 0.2) is 48.4 Å². The number of nitrogens with two attached hydrogens (primary N) is 1. The molecule has 1 unspecified atom stereocenters. The van der Waals surface area contributed by atoms with Gasteiger partial charge in [0, 0.05) is 19.8 Å². The maximum atomic E-state index is 10.3. The van der Waals surface area contributed by atoms with Gasteiger partial charge in [-0.1, -0.05) is 18.2 Å². The van der Waals surface area contributed by atoms with E-state index in [1.54, 1.807) is 0 Å². The number of nitrogen functional groups attached to an aromatic ring is 1. The van der Waals surface area contributed by atoms with Crippen molar-refractivity contribution in [1.29, 1.82) is 0 Å². The van der Waals surface area contributed by atoms with Crippen molar-refractivity contribution in [3.63, 3.8) is 0 Å². The van der Waals surface area contributed by atoms with Gasteiger partial charge >= 0.3 is 0 Å². The topological polar surface area (TPSA) is 76.5 Å². The van der Waals surface area contributed by atoms with Gasteiger partial charge in [0.25, 0.3) is 0 Å². The Kier molecular flexibility index (Phi) is 5.05. The summed E-state index contributed by atoms with van der Waals surface area (Å²) in [6.07, 6.45) is 6.98. The number of aliphatic hydroxyl groups is 1. The van der Waals surface area contributed by atoms with Crippen LogP contribution in [0.3, 0.4) is 0 Å². The molecule has 1 aromatic heterocycles. The molecule has 1 aliphatic heterocycles. The number of ether oxygens (including phenoxy) is 1. The smallest absolute Gasteiger partial charge is 0.201 e. The Balaban J connectivity index is 1.48. The molecule has 6 heteroatoms. The van der Waals surface area contributed by atoms with Crippen molar-refractivity contribution < 1.29 is 9.84 Å². The van der Waals surface area contributed by atoms with Crippen LogP contribution in [0.5, 0.6) is 0 Å². The highest BCUT2D eigenvalue weighted by molar-refractivity contribution is 5.78. The molecule has 0 saturated carbocycles. The van der Waals surface area contributed by atoms with E-state index < -0.39 is 6.10 Å². The van der Waals surface area contributed by atoms with Crippen molar-refractivity contribution in [3.8, 4) is 0 Å². The van der Waals surface area contributed by atoms with Crippen LogP contribution in [0, 0.1) is 0 Å². The monoisotopic (exact) mass is 328 g/mol. The van der Waals surface area contributed by atoms with Crippen LogP contribution in [0.4, 0.5) is 5.95 Å². The molecule has 3 rings (SSSR count). The largest absolute Gasteiger partial charge is 0.492 e. The van der Waals surface area contributed by atoms with Crippen molar-refractivity contribution in [2.75, 3.05) is 25.9 Å². The lowest BCUT2D eigenvalue weighted by molar-refractivity contribution is 0.126. The van der Waals surface area contributed by atoms with Gasteiger partial charge in [0.15, 0.2) is 0 Å². The van der Waals surface area contributed by atoms with Crippen LogP contribution in [-0.2, 0) is 11.3 Å². The summed E-state index contributed by atoms with van der Waals surface area (Å²) in [4.78, 5) is 6.38. The first-order valence-corrected chi connectivity index (χ1v) is 8.23. The minimum Gasteiger partial charge on any atom is -0.492 e. The normalized spacial score (nSPS) is 15.6. The molecule has 1 atom stereocenters.